The van der Waals surface area contributed by atoms with Crippen molar-refractivity contribution in [3.63, 3.8) is 0 Å². The van der Waals surface area contributed by atoms with Crippen molar-refractivity contribution in [2.75, 3.05) is 48.9 Å². The smallest absolute Gasteiger partial charge is 0.231 e. The summed E-state index contributed by atoms with van der Waals surface area (Å²) in [6.07, 6.45) is 1.56. The molecule has 0 saturated carbocycles. The summed E-state index contributed by atoms with van der Waals surface area (Å²) in [5.41, 5.74) is 9.19. The van der Waals surface area contributed by atoms with Crippen molar-refractivity contribution >= 4 is 28.9 Å². The van der Waals surface area contributed by atoms with Crippen molar-refractivity contribution in [3.05, 3.63) is 64.9 Å². The van der Waals surface area contributed by atoms with Gasteiger partial charge in [0.1, 0.15) is 12.0 Å². The number of hydrogen-bond acceptors (Lipinski definition) is 8. The number of ether oxygens (including phenoxy) is 2. The summed E-state index contributed by atoms with van der Waals surface area (Å²) in [5.74, 6) is 3.03. The number of nitrogens with one attached hydrogen (secondary N) is 1. The molecule has 3 heterocycles. The Hall–Kier alpha value is -3.23. The molecule has 3 N–H and O–H groups in total. The average Bonchev–Trinajstić information content (AvgIpc) is 3.28. The maximum Gasteiger partial charge on any atom is 0.231 e. The van der Waals surface area contributed by atoms with E-state index in [2.05, 4.69) is 37.2 Å². The Morgan fingerprint density at radius 1 is 1.00 bits per heavy atom. The number of fused-ring (bicyclic) bond motifs is 1. The lowest BCUT2D eigenvalue weighted by Crippen LogP contribution is -2.46. The number of benzene rings is 2. The predicted molar refractivity (Wildman–Crippen MR) is 125 cm³/mol. The first-order chi connectivity index (χ1) is 15.7. The quantitative estimate of drug-likeness (QED) is 0.588. The minimum absolute atomic E-state index is 0.299. The maximum absolute atomic E-state index is 6.43. The number of aromatic nitrogens is 2. The molecule has 0 atom stereocenters. The van der Waals surface area contributed by atoms with Gasteiger partial charge >= 0.3 is 0 Å². The van der Waals surface area contributed by atoms with Gasteiger partial charge in [-0.05, 0) is 29.3 Å². The highest BCUT2D eigenvalue weighted by Crippen LogP contribution is 2.33. The summed E-state index contributed by atoms with van der Waals surface area (Å²) in [7, 11) is 0. The van der Waals surface area contributed by atoms with Gasteiger partial charge in [-0.25, -0.2) is 9.97 Å². The van der Waals surface area contributed by atoms with E-state index in [0.29, 0.717) is 29.9 Å². The third-order valence-corrected chi connectivity index (χ3v) is 6.15. The van der Waals surface area contributed by atoms with Gasteiger partial charge in [0.05, 0.1) is 0 Å². The van der Waals surface area contributed by atoms with E-state index < -0.39 is 0 Å². The Bertz CT molecular complexity index is 1100. The fourth-order valence-corrected chi connectivity index (χ4v) is 4.22. The summed E-state index contributed by atoms with van der Waals surface area (Å²) in [4.78, 5) is 13.4. The Morgan fingerprint density at radius 2 is 1.81 bits per heavy atom. The highest BCUT2D eigenvalue weighted by atomic mass is 35.5. The van der Waals surface area contributed by atoms with Crippen LogP contribution in [0.25, 0.3) is 0 Å². The first-order valence-electron chi connectivity index (χ1n) is 10.6. The number of anilines is 3. The minimum Gasteiger partial charge on any atom is -0.454 e. The molecule has 2 aromatic carbocycles. The molecule has 166 valence electrons. The monoisotopic (exact) mass is 452 g/mol. The van der Waals surface area contributed by atoms with Crippen molar-refractivity contribution in [1.29, 1.82) is 0 Å². The molecule has 1 aromatic heterocycles. The summed E-state index contributed by atoms with van der Waals surface area (Å²) in [6.45, 7) is 5.23. The topological polar surface area (TPSA) is 88.8 Å². The molecule has 0 unspecified atom stereocenters. The van der Waals surface area contributed by atoms with Crippen LogP contribution < -0.4 is 25.4 Å². The lowest BCUT2D eigenvalue weighted by Gasteiger charge is -2.36. The van der Waals surface area contributed by atoms with Crippen LogP contribution >= 0.6 is 11.6 Å². The molecule has 3 aromatic rings. The number of nitrogen functional groups attached to an aromatic ring is 1. The van der Waals surface area contributed by atoms with Gasteiger partial charge in [0.25, 0.3) is 0 Å². The fourth-order valence-electron chi connectivity index (χ4n) is 4.02. The van der Waals surface area contributed by atoms with Gasteiger partial charge in [-0.15, -0.1) is 0 Å². The molecule has 0 spiro atoms. The molecule has 8 nitrogen and oxygen atoms in total. The summed E-state index contributed by atoms with van der Waals surface area (Å²) >= 11 is 6.25. The van der Waals surface area contributed by atoms with E-state index in [1.807, 2.05) is 30.3 Å². The fraction of sp³-hybridized carbons (Fsp3) is 0.304. The second-order valence-corrected chi connectivity index (χ2v) is 8.26. The molecular weight excluding hydrogens is 428 g/mol. The molecule has 0 radical (unpaired) electrons. The standard InChI is InChI=1S/C23H25ClN6O2/c24-18-4-2-1-3-17(18)12-26-22-21(25)23(28-14-27-22)30-9-7-29(8-10-30)13-16-5-6-19-20(11-16)32-15-31-19/h1-6,11,14H,7-10,12-13,15,25H2,(H,26,27,28). The lowest BCUT2D eigenvalue weighted by molar-refractivity contribution is 0.174. The van der Waals surface area contributed by atoms with E-state index in [9.17, 15) is 0 Å². The number of nitrogens with zero attached hydrogens (tertiary/aromatic N) is 4. The number of rotatable bonds is 6. The zero-order valence-corrected chi connectivity index (χ0v) is 18.4. The second kappa shape index (κ2) is 9.10. The molecule has 1 saturated heterocycles. The third-order valence-electron chi connectivity index (χ3n) is 5.78. The zero-order chi connectivity index (χ0) is 21.9. The van der Waals surface area contributed by atoms with Crippen molar-refractivity contribution in [2.24, 2.45) is 0 Å². The van der Waals surface area contributed by atoms with Crippen LogP contribution in [0, 0.1) is 0 Å². The molecule has 0 bridgehead atoms. The van der Waals surface area contributed by atoms with Crippen LogP contribution in [0.15, 0.2) is 48.8 Å². The Morgan fingerprint density at radius 3 is 2.66 bits per heavy atom. The number of piperazine rings is 1. The molecule has 2 aliphatic rings. The van der Waals surface area contributed by atoms with Gasteiger partial charge in [-0.2, -0.15) is 0 Å². The first-order valence-corrected chi connectivity index (χ1v) is 11.0. The van der Waals surface area contributed by atoms with Crippen molar-refractivity contribution in [1.82, 2.24) is 14.9 Å². The molecule has 1 fully saturated rings. The van der Waals surface area contributed by atoms with Crippen LogP contribution in [0.2, 0.25) is 5.02 Å². The largest absolute Gasteiger partial charge is 0.454 e. The normalized spacial score (nSPS) is 15.7. The van der Waals surface area contributed by atoms with Crippen molar-refractivity contribution in [3.8, 4) is 11.5 Å². The van der Waals surface area contributed by atoms with E-state index in [1.165, 1.54) is 5.56 Å². The zero-order valence-electron chi connectivity index (χ0n) is 17.6. The van der Waals surface area contributed by atoms with Crippen LogP contribution in [0.5, 0.6) is 11.5 Å². The van der Waals surface area contributed by atoms with E-state index in [-0.39, 0.29) is 0 Å². The van der Waals surface area contributed by atoms with Crippen molar-refractivity contribution in [2.45, 2.75) is 13.1 Å². The van der Waals surface area contributed by atoms with Crippen LogP contribution in [0.3, 0.4) is 0 Å². The van der Waals surface area contributed by atoms with Gasteiger partial charge in [0.2, 0.25) is 6.79 Å². The van der Waals surface area contributed by atoms with Crippen molar-refractivity contribution < 1.29 is 9.47 Å². The van der Waals surface area contributed by atoms with Crippen LogP contribution in [0.1, 0.15) is 11.1 Å². The van der Waals surface area contributed by atoms with Gasteiger partial charge in [0.15, 0.2) is 23.1 Å². The molecule has 9 heteroatoms. The number of hydrogen-bond donors (Lipinski definition) is 2. The SMILES string of the molecule is Nc1c(NCc2ccccc2Cl)ncnc1N1CCN(Cc2ccc3c(c2)OCO3)CC1. The highest BCUT2D eigenvalue weighted by Gasteiger charge is 2.22. The summed E-state index contributed by atoms with van der Waals surface area (Å²) in [6, 6.07) is 13.9. The summed E-state index contributed by atoms with van der Waals surface area (Å²) in [5, 5.41) is 4.01. The highest BCUT2D eigenvalue weighted by molar-refractivity contribution is 6.31. The Balaban J connectivity index is 1.20. The molecular formula is C23H25ClN6O2. The van der Waals surface area contributed by atoms with Crippen LogP contribution in [-0.2, 0) is 13.1 Å². The molecule has 2 aliphatic heterocycles. The predicted octanol–water partition coefficient (Wildman–Crippen LogP) is 3.38. The van der Waals surface area contributed by atoms with E-state index in [0.717, 1.165) is 55.6 Å². The first kappa shape index (κ1) is 20.7. The van der Waals surface area contributed by atoms with Gasteiger partial charge < -0.3 is 25.4 Å². The van der Waals surface area contributed by atoms with E-state index in [4.69, 9.17) is 26.8 Å². The van der Waals surface area contributed by atoms with Gasteiger partial charge in [-0.3, -0.25) is 4.90 Å². The summed E-state index contributed by atoms with van der Waals surface area (Å²) < 4.78 is 10.9. The molecule has 0 amide bonds. The molecule has 0 aliphatic carbocycles. The second-order valence-electron chi connectivity index (χ2n) is 7.86. The van der Waals surface area contributed by atoms with E-state index >= 15 is 0 Å². The van der Waals surface area contributed by atoms with Gasteiger partial charge in [0, 0.05) is 44.3 Å². The molecule has 32 heavy (non-hydrogen) atoms. The third kappa shape index (κ3) is 4.37. The number of halogens is 1. The van der Waals surface area contributed by atoms with E-state index in [1.54, 1.807) is 6.33 Å². The van der Waals surface area contributed by atoms with Crippen LogP contribution in [-0.4, -0.2) is 47.8 Å². The Kier molecular flexibility index (Phi) is 5.87. The molecule has 5 rings (SSSR count). The lowest BCUT2D eigenvalue weighted by atomic mass is 10.1. The number of nitrogens with two attached hydrogens (primary N) is 1. The maximum atomic E-state index is 6.43. The Labute approximate surface area is 191 Å². The average molecular weight is 453 g/mol. The minimum atomic E-state index is 0.299. The van der Waals surface area contributed by atoms with Crippen LogP contribution in [0.4, 0.5) is 17.3 Å². The van der Waals surface area contributed by atoms with Gasteiger partial charge in [-0.1, -0.05) is 35.9 Å².